The smallest absolute Gasteiger partial charge is 0.460 e. The van der Waals surface area contributed by atoms with Crippen molar-refractivity contribution < 1.29 is 37.4 Å². The fourth-order valence-corrected chi connectivity index (χ4v) is 1.51. The summed E-state index contributed by atoms with van der Waals surface area (Å²) in [5.74, 6) is -0.454. The molecule has 21 heavy (non-hydrogen) atoms. The van der Waals surface area contributed by atoms with Crippen LogP contribution in [0.2, 0.25) is 0 Å². The maximum Gasteiger partial charge on any atom is 0.483 e. The zero-order valence-corrected chi connectivity index (χ0v) is 14.1. The molecule has 9 heteroatoms. The molecule has 1 N–H and O–H groups in total. The van der Waals surface area contributed by atoms with Crippen LogP contribution in [0.1, 0.15) is 0 Å². The molecule has 0 aliphatic rings. The van der Waals surface area contributed by atoms with Crippen molar-refractivity contribution in [2.75, 3.05) is 61.0 Å². The molecular weight excluding hydrogens is 300 g/mol. The van der Waals surface area contributed by atoms with Crippen LogP contribution in [-0.4, -0.2) is 81.6 Å². The quantitative estimate of drug-likeness (QED) is 0.220. The first-order chi connectivity index (χ1) is 10.2. The number of rotatable bonds is 12. The van der Waals surface area contributed by atoms with Crippen LogP contribution in [0.15, 0.2) is 12.7 Å². The SMILES string of the molecule is C=CC(=O)OCCOCCOCCO.CO[SiH](OC)OC. The first kappa shape index (κ1) is 22.5. The third kappa shape index (κ3) is 19.2. The molecule has 0 spiro atoms. The van der Waals surface area contributed by atoms with Gasteiger partial charge in [0.25, 0.3) is 0 Å². The molecule has 0 unspecified atom stereocenters. The lowest BCUT2D eigenvalue weighted by atomic mass is 10.6. The second-order valence-corrected chi connectivity index (χ2v) is 5.31. The van der Waals surface area contributed by atoms with E-state index in [-0.39, 0.29) is 13.2 Å². The molecule has 0 saturated carbocycles. The van der Waals surface area contributed by atoms with Crippen LogP contribution in [0.3, 0.4) is 0 Å². The van der Waals surface area contributed by atoms with E-state index in [9.17, 15) is 4.79 Å². The number of hydrogen-bond donors (Lipinski definition) is 1. The number of hydrogen-bond acceptors (Lipinski definition) is 8. The Morgan fingerprint density at radius 3 is 1.86 bits per heavy atom. The zero-order valence-electron chi connectivity index (χ0n) is 12.9. The van der Waals surface area contributed by atoms with Crippen molar-refractivity contribution in [3.8, 4) is 0 Å². The average molecular weight is 326 g/mol. The third-order valence-electron chi connectivity index (χ3n) is 1.82. The van der Waals surface area contributed by atoms with Crippen molar-refractivity contribution >= 4 is 15.5 Å². The van der Waals surface area contributed by atoms with Gasteiger partial charge in [0.2, 0.25) is 0 Å². The minimum atomic E-state index is -1.67. The molecule has 0 fully saturated rings. The molecule has 0 aliphatic heterocycles. The number of carbonyl (C=O) groups excluding carboxylic acids is 1. The van der Waals surface area contributed by atoms with Gasteiger partial charge in [0.05, 0.1) is 33.0 Å². The minimum Gasteiger partial charge on any atom is -0.460 e. The molecular formula is C12H26O8Si. The van der Waals surface area contributed by atoms with E-state index in [2.05, 4.69) is 11.3 Å². The Morgan fingerprint density at radius 2 is 1.48 bits per heavy atom. The van der Waals surface area contributed by atoms with Crippen molar-refractivity contribution in [2.45, 2.75) is 0 Å². The van der Waals surface area contributed by atoms with Gasteiger partial charge in [-0.2, -0.15) is 0 Å². The second-order valence-electron chi connectivity index (χ2n) is 3.32. The van der Waals surface area contributed by atoms with Gasteiger partial charge in [-0.25, -0.2) is 4.79 Å². The van der Waals surface area contributed by atoms with Gasteiger partial charge in [-0.15, -0.1) is 0 Å². The summed E-state index contributed by atoms with van der Waals surface area (Å²) >= 11 is 0. The number of ether oxygens (including phenoxy) is 3. The fraction of sp³-hybridized carbons (Fsp3) is 0.750. The predicted octanol–water partition coefficient (Wildman–Crippen LogP) is -0.616. The van der Waals surface area contributed by atoms with Crippen LogP contribution >= 0.6 is 0 Å². The summed E-state index contributed by atoms with van der Waals surface area (Å²) in [7, 11) is 3.05. The Balaban J connectivity index is 0. The standard InChI is InChI=1S/C9H16O5.C3H10O3Si/c1-2-9(11)14-8-7-13-6-5-12-4-3-10;1-4-7(5-2)6-3/h2,10H,1,3-8H2;7H,1-3H3. The summed E-state index contributed by atoms with van der Waals surface area (Å²) in [5, 5.41) is 8.36. The average Bonchev–Trinajstić information content (AvgIpc) is 2.52. The van der Waals surface area contributed by atoms with Crippen LogP contribution in [0.4, 0.5) is 0 Å². The molecule has 0 aliphatic carbocycles. The van der Waals surface area contributed by atoms with Crippen LogP contribution in [0.25, 0.3) is 0 Å². The van der Waals surface area contributed by atoms with Crippen LogP contribution < -0.4 is 0 Å². The Morgan fingerprint density at radius 1 is 1.00 bits per heavy atom. The molecule has 0 rings (SSSR count). The van der Waals surface area contributed by atoms with E-state index in [1.54, 1.807) is 21.3 Å². The largest absolute Gasteiger partial charge is 0.483 e. The van der Waals surface area contributed by atoms with Gasteiger partial charge >= 0.3 is 15.5 Å². The Bertz CT molecular complexity index is 230. The minimum absolute atomic E-state index is 0.0109. The zero-order chi connectivity index (χ0) is 16.3. The molecule has 0 saturated heterocycles. The Labute approximate surface area is 127 Å². The maximum atomic E-state index is 10.5. The molecule has 126 valence electrons. The lowest BCUT2D eigenvalue weighted by Crippen LogP contribution is -2.21. The highest BCUT2D eigenvalue weighted by atomic mass is 28.3. The van der Waals surface area contributed by atoms with E-state index < -0.39 is 15.5 Å². The van der Waals surface area contributed by atoms with E-state index in [1.807, 2.05) is 0 Å². The molecule has 0 heterocycles. The Hall–Kier alpha value is -0.813. The molecule has 0 atom stereocenters. The summed E-state index contributed by atoms with van der Waals surface area (Å²) < 4.78 is 28.9. The van der Waals surface area contributed by atoms with Gasteiger partial charge in [-0.3, -0.25) is 0 Å². The molecule has 0 aromatic heterocycles. The van der Waals surface area contributed by atoms with Gasteiger partial charge in [-0.1, -0.05) is 6.58 Å². The van der Waals surface area contributed by atoms with Crippen molar-refractivity contribution in [3.63, 3.8) is 0 Å². The summed E-state index contributed by atoms with van der Waals surface area (Å²) in [6, 6.07) is 0. The second kappa shape index (κ2) is 19.2. The monoisotopic (exact) mass is 326 g/mol. The number of aliphatic hydroxyl groups excluding tert-OH is 1. The van der Waals surface area contributed by atoms with Gasteiger partial charge < -0.3 is 32.6 Å². The number of esters is 1. The summed E-state index contributed by atoms with van der Waals surface area (Å²) in [6.45, 7) is 4.97. The van der Waals surface area contributed by atoms with Crippen molar-refractivity contribution in [2.24, 2.45) is 0 Å². The normalized spacial score (nSPS) is 9.95. The van der Waals surface area contributed by atoms with Crippen LogP contribution in [-0.2, 0) is 32.3 Å². The molecule has 0 radical (unpaired) electrons. The molecule has 0 bridgehead atoms. The van der Waals surface area contributed by atoms with Gasteiger partial charge in [0.1, 0.15) is 6.61 Å². The first-order valence-electron chi connectivity index (χ1n) is 6.30. The Kier molecular flexibility index (Phi) is 20.5. The predicted molar refractivity (Wildman–Crippen MR) is 78.1 cm³/mol. The number of carbonyl (C=O) groups is 1. The van der Waals surface area contributed by atoms with Crippen LogP contribution in [0.5, 0.6) is 0 Å². The van der Waals surface area contributed by atoms with E-state index >= 15 is 0 Å². The van der Waals surface area contributed by atoms with Crippen molar-refractivity contribution in [1.82, 2.24) is 0 Å². The lowest BCUT2D eigenvalue weighted by Gasteiger charge is -2.05. The van der Waals surface area contributed by atoms with E-state index in [1.165, 1.54) is 0 Å². The van der Waals surface area contributed by atoms with E-state index in [0.717, 1.165) is 6.08 Å². The highest BCUT2D eigenvalue weighted by Gasteiger charge is 2.04. The summed E-state index contributed by atoms with van der Waals surface area (Å²) in [5.41, 5.74) is 0. The third-order valence-corrected chi connectivity index (χ3v) is 2.98. The molecule has 0 aromatic carbocycles. The lowest BCUT2D eigenvalue weighted by molar-refractivity contribution is -0.139. The fourth-order valence-electron chi connectivity index (χ4n) is 0.935. The summed E-state index contributed by atoms with van der Waals surface area (Å²) in [6.07, 6.45) is 1.10. The van der Waals surface area contributed by atoms with Crippen molar-refractivity contribution in [3.05, 3.63) is 12.7 Å². The first-order valence-corrected chi connectivity index (χ1v) is 7.71. The van der Waals surface area contributed by atoms with E-state index in [0.29, 0.717) is 26.4 Å². The summed E-state index contributed by atoms with van der Waals surface area (Å²) in [4.78, 5) is 10.5. The molecule has 8 nitrogen and oxygen atoms in total. The molecule has 0 amide bonds. The van der Waals surface area contributed by atoms with E-state index in [4.69, 9.17) is 27.9 Å². The van der Waals surface area contributed by atoms with Crippen molar-refractivity contribution in [1.29, 1.82) is 0 Å². The van der Waals surface area contributed by atoms with Crippen LogP contribution in [0, 0.1) is 0 Å². The molecule has 0 aromatic rings. The van der Waals surface area contributed by atoms with Gasteiger partial charge in [-0.05, 0) is 0 Å². The highest BCUT2D eigenvalue weighted by molar-refractivity contribution is 6.36. The highest BCUT2D eigenvalue weighted by Crippen LogP contribution is 1.82. The maximum absolute atomic E-state index is 10.5. The number of aliphatic hydroxyl groups is 1. The van der Waals surface area contributed by atoms with Gasteiger partial charge in [0.15, 0.2) is 0 Å². The van der Waals surface area contributed by atoms with Gasteiger partial charge in [0, 0.05) is 27.4 Å². The topological polar surface area (TPSA) is 92.7 Å².